The summed E-state index contributed by atoms with van der Waals surface area (Å²) in [4.78, 5) is 0. The third kappa shape index (κ3) is 5.73. The van der Waals surface area contributed by atoms with Crippen molar-refractivity contribution in [2.45, 2.75) is 6.42 Å². The largest absolute Gasteiger partial charge is 1.00 e. The van der Waals surface area contributed by atoms with Gasteiger partial charge in [0.05, 0.1) is 6.61 Å². The predicted molar refractivity (Wildman–Crippen MR) is 41.9 cm³/mol. The van der Waals surface area contributed by atoms with Gasteiger partial charge < -0.3 is 21.7 Å². The molecule has 0 aliphatic carbocycles. The summed E-state index contributed by atoms with van der Waals surface area (Å²) < 4.78 is 5.29. The smallest absolute Gasteiger partial charge is 0.119 e. The summed E-state index contributed by atoms with van der Waals surface area (Å²) in [7, 11) is 0. The van der Waals surface area contributed by atoms with Gasteiger partial charge in [-0.1, -0.05) is 18.2 Å². The van der Waals surface area contributed by atoms with Crippen LogP contribution >= 0.6 is 0 Å². The molecular formula is C9H11BrOZn-. The molecule has 1 rings (SSSR count). The van der Waals surface area contributed by atoms with Gasteiger partial charge in [-0.05, 0) is 25.5 Å². The van der Waals surface area contributed by atoms with Crippen molar-refractivity contribution < 1.29 is 41.2 Å². The molecule has 0 spiro atoms. The zero-order valence-corrected chi connectivity index (χ0v) is 11.6. The summed E-state index contributed by atoms with van der Waals surface area (Å²) in [5.41, 5.74) is 0. The van der Waals surface area contributed by atoms with E-state index in [4.69, 9.17) is 4.74 Å². The quantitative estimate of drug-likeness (QED) is 0.665. The number of hydrogen-bond donors (Lipinski definition) is 0. The molecule has 0 N–H and O–H groups in total. The molecule has 0 bridgehead atoms. The van der Waals surface area contributed by atoms with Crippen molar-refractivity contribution in [3.8, 4) is 5.75 Å². The van der Waals surface area contributed by atoms with E-state index in [-0.39, 0.29) is 36.5 Å². The molecule has 0 heterocycles. The van der Waals surface area contributed by atoms with Crippen molar-refractivity contribution in [1.29, 1.82) is 0 Å². The van der Waals surface area contributed by atoms with E-state index in [1.54, 1.807) is 0 Å². The first kappa shape index (κ1) is 14.6. The van der Waals surface area contributed by atoms with Crippen molar-refractivity contribution >= 4 is 0 Å². The van der Waals surface area contributed by atoms with E-state index in [9.17, 15) is 0 Å². The van der Waals surface area contributed by atoms with Crippen molar-refractivity contribution in [3.05, 3.63) is 37.3 Å². The molecule has 0 atom stereocenters. The minimum Gasteiger partial charge on any atom is -1.00 e. The molecule has 0 saturated carbocycles. The number of hydrogen-bond acceptors (Lipinski definition) is 1. The molecule has 1 nitrogen and oxygen atoms in total. The fraction of sp³-hybridized carbons (Fsp3) is 0.222. The van der Waals surface area contributed by atoms with E-state index in [0.717, 1.165) is 12.2 Å². The van der Waals surface area contributed by atoms with Gasteiger partial charge >= 0.3 is 0 Å². The predicted octanol–water partition coefficient (Wildman–Crippen LogP) is -0.709. The van der Waals surface area contributed by atoms with E-state index < -0.39 is 0 Å². The molecule has 0 aliphatic rings. The minimum absolute atomic E-state index is 0. The average Bonchev–Trinajstić information content (AvgIpc) is 2.03. The molecule has 1 aromatic rings. The summed E-state index contributed by atoms with van der Waals surface area (Å²) >= 11 is 0. The molecule has 12 heavy (non-hydrogen) atoms. The summed E-state index contributed by atoms with van der Waals surface area (Å²) in [6.45, 7) is 4.37. The Balaban J connectivity index is 0. The van der Waals surface area contributed by atoms with Gasteiger partial charge in [0.1, 0.15) is 5.75 Å². The Hall–Kier alpha value is 0.123. The van der Waals surface area contributed by atoms with Crippen LogP contribution in [0.1, 0.15) is 6.42 Å². The second-order valence-corrected chi connectivity index (χ2v) is 2.02. The van der Waals surface area contributed by atoms with Crippen molar-refractivity contribution in [2.75, 3.05) is 6.61 Å². The van der Waals surface area contributed by atoms with Crippen LogP contribution < -0.4 is 21.7 Å². The normalized spacial score (nSPS) is 7.75. The van der Waals surface area contributed by atoms with Crippen molar-refractivity contribution in [3.63, 3.8) is 0 Å². The number of para-hydroxylation sites is 1. The number of rotatable bonds is 3. The average molecular weight is 280 g/mol. The Morgan fingerprint density at radius 1 is 1.17 bits per heavy atom. The monoisotopic (exact) mass is 278 g/mol. The zero-order valence-electron chi connectivity index (χ0n) is 7.00. The maximum absolute atomic E-state index is 5.29. The van der Waals surface area contributed by atoms with Crippen LogP contribution in [0.3, 0.4) is 0 Å². The molecule has 1 aromatic carbocycles. The van der Waals surface area contributed by atoms with Gasteiger partial charge in [-0.25, -0.2) is 0 Å². The molecule has 0 amide bonds. The molecule has 63 valence electrons. The van der Waals surface area contributed by atoms with E-state index >= 15 is 0 Å². The van der Waals surface area contributed by atoms with E-state index in [1.165, 1.54) is 0 Å². The van der Waals surface area contributed by atoms with Gasteiger partial charge in [0.2, 0.25) is 0 Å². The number of benzene rings is 1. The second-order valence-electron chi connectivity index (χ2n) is 2.02. The van der Waals surface area contributed by atoms with Crippen LogP contribution in [0, 0.1) is 6.92 Å². The molecule has 0 unspecified atom stereocenters. The first-order valence-electron chi connectivity index (χ1n) is 3.40. The fourth-order valence-corrected chi connectivity index (χ4v) is 0.707. The number of halogens is 1. The summed E-state index contributed by atoms with van der Waals surface area (Å²) in [5, 5.41) is 0. The molecule has 1 radical (unpaired) electrons. The van der Waals surface area contributed by atoms with E-state index in [2.05, 4.69) is 6.92 Å². The van der Waals surface area contributed by atoms with Crippen LogP contribution in [0.25, 0.3) is 0 Å². The second kappa shape index (κ2) is 9.21. The van der Waals surface area contributed by atoms with Crippen molar-refractivity contribution in [2.24, 2.45) is 0 Å². The Morgan fingerprint density at radius 2 is 1.75 bits per heavy atom. The Bertz CT molecular complexity index is 179. The molecule has 0 fully saturated rings. The first-order chi connectivity index (χ1) is 4.93. The van der Waals surface area contributed by atoms with Crippen molar-refractivity contribution in [1.82, 2.24) is 0 Å². The molecule has 0 saturated heterocycles. The fourth-order valence-electron chi connectivity index (χ4n) is 0.707. The van der Waals surface area contributed by atoms with Gasteiger partial charge in [-0.15, -0.1) is 0 Å². The Kier molecular flexibility index (Phi) is 11.2. The zero-order chi connectivity index (χ0) is 7.23. The van der Waals surface area contributed by atoms with Gasteiger partial charge in [0.25, 0.3) is 0 Å². The third-order valence-electron chi connectivity index (χ3n) is 1.16. The Labute approximate surface area is 97.0 Å². The summed E-state index contributed by atoms with van der Waals surface area (Å²) in [6, 6.07) is 9.76. The summed E-state index contributed by atoms with van der Waals surface area (Å²) in [5.74, 6) is 0.922. The van der Waals surface area contributed by atoms with Crippen LogP contribution in [0.4, 0.5) is 0 Å². The third-order valence-corrected chi connectivity index (χ3v) is 1.16. The van der Waals surface area contributed by atoms with Crippen LogP contribution in [-0.4, -0.2) is 6.61 Å². The van der Waals surface area contributed by atoms with E-state index in [1.807, 2.05) is 30.3 Å². The Morgan fingerprint density at radius 3 is 2.25 bits per heavy atom. The maximum atomic E-state index is 5.29. The van der Waals surface area contributed by atoms with Crippen LogP contribution in [-0.2, 0) is 19.5 Å². The minimum atomic E-state index is 0. The number of ether oxygens (including phenoxy) is 1. The van der Waals surface area contributed by atoms with Crippen LogP contribution in [0.2, 0.25) is 0 Å². The van der Waals surface area contributed by atoms with Gasteiger partial charge in [0.15, 0.2) is 0 Å². The van der Waals surface area contributed by atoms with E-state index in [0.29, 0.717) is 6.61 Å². The maximum Gasteiger partial charge on any atom is 0.119 e. The summed E-state index contributed by atoms with van der Waals surface area (Å²) in [6.07, 6.45) is 0.814. The molecule has 3 heteroatoms. The molecule has 0 aromatic heterocycles. The molecule has 0 aliphatic heterocycles. The van der Waals surface area contributed by atoms with Gasteiger partial charge in [0, 0.05) is 19.5 Å². The topological polar surface area (TPSA) is 9.23 Å². The van der Waals surface area contributed by atoms with Crippen LogP contribution in [0.5, 0.6) is 5.75 Å². The SMILES string of the molecule is [Br-].[CH2]CCOc1ccccc1.[Zn]. The van der Waals surface area contributed by atoms with Gasteiger partial charge in [-0.2, -0.15) is 0 Å². The first-order valence-corrected chi connectivity index (χ1v) is 3.40. The van der Waals surface area contributed by atoms with Crippen LogP contribution in [0.15, 0.2) is 30.3 Å². The van der Waals surface area contributed by atoms with Gasteiger partial charge in [-0.3, -0.25) is 0 Å². The standard InChI is InChI=1S/C9H11O.BrH.Zn/c1-2-8-10-9-6-4-3-5-7-9;;/h3-7H,1-2,8H2;1H;/p-1. The molecular weight excluding hydrogens is 269 g/mol.